The monoisotopic (exact) mass is 552 g/mol. The minimum absolute atomic E-state index is 0.0849. The molecule has 0 atom stereocenters. The Morgan fingerprint density at radius 1 is 0.595 bits per heavy atom. The molecule has 0 saturated carbocycles. The maximum absolute atomic E-state index is 13.6. The van der Waals surface area contributed by atoms with Crippen molar-refractivity contribution in [2.24, 2.45) is 4.99 Å². The van der Waals surface area contributed by atoms with Gasteiger partial charge in [-0.15, -0.1) is 0 Å². The number of aliphatic imine (C=N–C) groups is 1. The lowest BCUT2D eigenvalue weighted by molar-refractivity contribution is -0.130. The fourth-order valence-electron chi connectivity index (χ4n) is 5.82. The standard InChI is InChI=1S/C35H24N2O5/c1-41-25-17-9-7-15-23(25)29-19-11-3-5-13-21(19)31(36-29)27-33(38)28(35(40)34(27)39)32-22-14-6-4-12-20(22)30(37-32)24-16-8-10-18-26(24)42-2/h3-18,36,38H,1-2H3/b32-28+. The largest absolute Gasteiger partial charge is 0.506 e. The van der Waals surface area contributed by atoms with Gasteiger partial charge in [-0.25, -0.2) is 4.99 Å². The number of allylic oxidation sites excluding steroid dienone is 2. The molecule has 204 valence electrons. The van der Waals surface area contributed by atoms with E-state index < -0.39 is 17.3 Å². The number of nitrogens with zero attached hydrogens (tertiary/aromatic N) is 1. The molecule has 1 aromatic heterocycles. The third-order valence-electron chi connectivity index (χ3n) is 7.74. The molecule has 0 bridgehead atoms. The van der Waals surface area contributed by atoms with Gasteiger partial charge in [0.2, 0.25) is 11.6 Å². The normalized spacial score (nSPS) is 16.3. The SMILES string of the molecule is COc1ccccc1C1=N/C(=C2/C(=O)C(=O)C(c3[nH]c(-c4ccccc4OC)c4ccccc34)=C2O)c2ccccc21. The smallest absolute Gasteiger partial charge is 0.239 e. The lowest BCUT2D eigenvalue weighted by Gasteiger charge is -2.08. The summed E-state index contributed by atoms with van der Waals surface area (Å²) in [6, 6.07) is 30.0. The first-order valence-electron chi connectivity index (χ1n) is 13.4. The van der Waals surface area contributed by atoms with Crippen molar-refractivity contribution >= 4 is 39.3 Å². The van der Waals surface area contributed by atoms with Crippen LogP contribution in [-0.2, 0) is 9.59 Å². The molecule has 0 spiro atoms. The first kappa shape index (κ1) is 25.3. The summed E-state index contributed by atoms with van der Waals surface area (Å²) in [5, 5.41) is 13.2. The van der Waals surface area contributed by atoms with Crippen LogP contribution in [0.2, 0.25) is 0 Å². The maximum atomic E-state index is 13.6. The van der Waals surface area contributed by atoms with Gasteiger partial charge in [-0.05, 0) is 24.3 Å². The number of hydrogen-bond donors (Lipinski definition) is 2. The van der Waals surface area contributed by atoms with E-state index in [0.717, 1.165) is 22.1 Å². The molecule has 0 amide bonds. The van der Waals surface area contributed by atoms with Crippen LogP contribution in [0.3, 0.4) is 0 Å². The fourth-order valence-corrected chi connectivity index (χ4v) is 5.82. The average molecular weight is 553 g/mol. The van der Waals surface area contributed by atoms with Gasteiger partial charge in [0.1, 0.15) is 17.3 Å². The molecule has 4 aromatic carbocycles. The van der Waals surface area contributed by atoms with Crippen LogP contribution in [0.25, 0.3) is 33.3 Å². The van der Waals surface area contributed by atoms with Crippen molar-refractivity contribution < 1.29 is 24.2 Å². The summed E-state index contributed by atoms with van der Waals surface area (Å²) in [6.45, 7) is 0. The van der Waals surface area contributed by atoms with Crippen LogP contribution in [0.1, 0.15) is 22.4 Å². The Hall–Kier alpha value is -5.69. The van der Waals surface area contributed by atoms with Crippen LogP contribution in [0.4, 0.5) is 0 Å². The Balaban J connectivity index is 1.48. The minimum Gasteiger partial charge on any atom is -0.506 e. The number of ether oxygens (including phenoxy) is 2. The highest BCUT2D eigenvalue weighted by molar-refractivity contribution is 6.64. The van der Waals surface area contributed by atoms with Gasteiger partial charge < -0.3 is 19.6 Å². The highest BCUT2D eigenvalue weighted by atomic mass is 16.5. The molecule has 1 aliphatic carbocycles. The average Bonchev–Trinajstić information content (AvgIpc) is 3.66. The summed E-state index contributed by atoms with van der Waals surface area (Å²) in [5.74, 6) is -0.750. The number of benzene rings is 4. The van der Waals surface area contributed by atoms with E-state index in [4.69, 9.17) is 14.5 Å². The molecule has 0 radical (unpaired) electrons. The second-order valence-electron chi connectivity index (χ2n) is 9.93. The number of Topliss-reactive ketones (excluding diaryl/α,β-unsaturated/α-hetero) is 2. The van der Waals surface area contributed by atoms with Gasteiger partial charge in [0, 0.05) is 33.0 Å². The highest BCUT2D eigenvalue weighted by Gasteiger charge is 2.42. The number of ketones is 2. The van der Waals surface area contributed by atoms with E-state index >= 15 is 0 Å². The zero-order valence-electron chi connectivity index (χ0n) is 22.8. The van der Waals surface area contributed by atoms with E-state index in [1.807, 2.05) is 97.1 Å². The first-order valence-corrected chi connectivity index (χ1v) is 13.4. The molecule has 7 nitrogen and oxygen atoms in total. The number of nitrogens with one attached hydrogen (secondary N) is 1. The van der Waals surface area contributed by atoms with Crippen molar-refractivity contribution in [3.8, 4) is 22.8 Å². The van der Waals surface area contributed by atoms with Gasteiger partial charge in [-0.2, -0.15) is 0 Å². The Bertz CT molecular complexity index is 2060. The van der Waals surface area contributed by atoms with Gasteiger partial charge in [0.15, 0.2) is 0 Å². The lowest BCUT2D eigenvalue weighted by Crippen LogP contribution is -2.11. The number of carbonyl (C=O) groups is 2. The summed E-state index contributed by atoms with van der Waals surface area (Å²) in [4.78, 5) is 35.5. The summed E-state index contributed by atoms with van der Waals surface area (Å²) in [5.41, 5.74) is 4.65. The van der Waals surface area contributed by atoms with E-state index in [0.29, 0.717) is 39.5 Å². The number of hydrogen-bond acceptors (Lipinski definition) is 6. The minimum atomic E-state index is -0.810. The van der Waals surface area contributed by atoms with Crippen LogP contribution in [-0.4, -0.2) is 41.6 Å². The zero-order chi connectivity index (χ0) is 29.0. The van der Waals surface area contributed by atoms with Crippen molar-refractivity contribution in [3.05, 3.63) is 131 Å². The maximum Gasteiger partial charge on any atom is 0.239 e. The molecule has 2 N–H and O–H groups in total. The number of carbonyl (C=O) groups excluding carboxylic acids is 2. The number of aromatic nitrogens is 1. The molecular weight excluding hydrogens is 528 g/mol. The number of fused-ring (bicyclic) bond motifs is 2. The van der Waals surface area contributed by atoms with Gasteiger partial charge >= 0.3 is 0 Å². The van der Waals surface area contributed by atoms with Crippen molar-refractivity contribution in [1.29, 1.82) is 0 Å². The van der Waals surface area contributed by atoms with Crippen LogP contribution in [0.5, 0.6) is 11.5 Å². The Kier molecular flexibility index (Phi) is 5.87. The molecular formula is C35H24N2O5. The van der Waals surface area contributed by atoms with E-state index in [1.165, 1.54) is 0 Å². The Labute approximate surface area is 241 Å². The Morgan fingerprint density at radius 3 is 1.76 bits per heavy atom. The van der Waals surface area contributed by atoms with Gasteiger partial charge in [-0.1, -0.05) is 72.8 Å². The molecule has 0 saturated heterocycles. The first-order chi connectivity index (χ1) is 20.5. The van der Waals surface area contributed by atoms with Crippen molar-refractivity contribution in [1.82, 2.24) is 4.98 Å². The molecule has 7 heteroatoms. The summed E-state index contributed by atoms with van der Waals surface area (Å²) in [7, 11) is 3.18. The quantitative estimate of drug-likeness (QED) is 0.191. The number of aliphatic hydroxyl groups excluding tert-OH is 1. The van der Waals surface area contributed by atoms with Crippen molar-refractivity contribution in [2.45, 2.75) is 0 Å². The number of para-hydroxylation sites is 2. The van der Waals surface area contributed by atoms with Gasteiger partial charge in [-0.3, -0.25) is 9.59 Å². The number of methoxy groups -OCH3 is 2. The Morgan fingerprint density at radius 2 is 1.10 bits per heavy atom. The summed E-state index contributed by atoms with van der Waals surface area (Å²) >= 11 is 0. The number of aromatic amines is 1. The second kappa shape index (κ2) is 9.74. The summed E-state index contributed by atoms with van der Waals surface area (Å²) < 4.78 is 11.2. The predicted molar refractivity (Wildman–Crippen MR) is 162 cm³/mol. The topological polar surface area (TPSA) is 101 Å². The molecule has 7 rings (SSSR count). The molecule has 42 heavy (non-hydrogen) atoms. The highest BCUT2D eigenvalue weighted by Crippen LogP contribution is 2.44. The summed E-state index contributed by atoms with van der Waals surface area (Å²) in [6.07, 6.45) is 0. The third kappa shape index (κ3) is 3.64. The molecule has 0 unspecified atom stereocenters. The van der Waals surface area contributed by atoms with E-state index in [2.05, 4.69) is 4.98 Å². The molecule has 2 aliphatic rings. The van der Waals surface area contributed by atoms with Crippen LogP contribution in [0, 0.1) is 0 Å². The van der Waals surface area contributed by atoms with Crippen LogP contribution < -0.4 is 9.47 Å². The van der Waals surface area contributed by atoms with Crippen molar-refractivity contribution in [2.75, 3.05) is 14.2 Å². The van der Waals surface area contributed by atoms with Gasteiger partial charge in [0.05, 0.1) is 48.2 Å². The van der Waals surface area contributed by atoms with E-state index in [-0.39, 0.29) is 16.8 Å². The predicted octanol–water partition coefficient (Wildman–Crippen LogP) is 6.54. The molecule has 2 heterocycles. The second-order valence-corrected chi connectivity index (χ2v) is 9.93. The molecule has 5 aromatic rings. The van der Waals surface area contributed by atoms with E-state index in [9.17, 15) is 14.7 Å². The number of aliphatic hydroxyl groups is 1. The lowest BCUT2D eigenvalue weighted by atomic mass is 9.97. The van der Waals surface area contributed by atoms with Crippen LogP contribution in [0.15, 0.2) is 113 Å². The fraction of sp³-hybridized carbons (Fsp3) is 0.0571. The zero-order valence-corrected chi connectivity index (χ0v) is 22.8. The number of rotatable bonds is 5. The van der Waals surface area contributed by atoms with Crippen molar-refractivity contribution in [3.63, 3.8) is 0 Å². The number of H-pyrrole nitrogens is 1. The third-order valence-corrected chi connectivity index (χ3v) is 7.74. The molecule has 1 aliphatic heterocycles. The van der Waals surface area contributed by atoms with Gasteiger partial charge in [0.25, 0.3) is 0 Å². The van der Waals surface area contributed by atoms with E-state index in [1.54, 1.807) is 14.2 Å². The van der Waals surface area contributed by atoms with Crippen LogP contribution >= 0.6 is 0 Å². The molecule has 0 fully saturated rings.